The van der Waals surface area contributed by atoms with Crippen LogP contribution in [0, 0.1) is 10.1 Å². The van der Waals surface area contributed by atoms with Gasteiger partial charge in [0.25, 0.3) is 5.69 Å². The smallest absolute Gasteiger partial charge is 0.323 e. The fourth-order valence-electron chi connectivity index (χ4n) is 1.23. The Balaban J connectivity index is 3.00. The molecule has 0 radical (unpaired) electrons. The molecule has 0 atom stereocenters. The number of carbonyl (C=O) groups is 1. The van der Waals surface area contributed by atoms with Gasteiger partial charge in [-0.1, -0.05) is 6.07 Å². The third-order valence-corrected chi connectivity index (χ3v) is 2.10. The van der Waals surface area contributed by atoms with Crippen molar-refractivity contribution in [3.63, 3.8) is 0 Å². The van der Waals surface area contributed by atoms with E-state index in [2.05, 4.69) is 0 Å². The molecule has 0 aromatic heterocycles. The minimum Gasteiger partial charge on any atom is -0.330 e. The first-order chi connectivity index (χ1) is 7.43. The molecule has 1 aromatic carbocycles. The van der Waals surface area contributed by atoms with Gasteiger partial charge in [-0.05, 0) is 6.07 Å². The Labute approximate surface area is 93.2 Å². The average Bonchev–Trinajstić information content (AvgIpc) is 2.27. The van der Waals surface area contributed by atoms with Crippen LogP contribution in [0.2, 0.25) is 0 Å². The number of amides is 2. The summed E-state index contributed by atoms with van der Waals surface area (Å²) in [7, 11) is 4.81. The first kappa shape index (κ1) is 12.0. The lowest BCUT2D eigenvalue weighted by Gasteiger charge is -2.21. The van der Waals surface area contributed by atoms with Crippen molar-refractivity contribution < 1.29 is 9.72 Å². The summed E-state index contributed by atoms with van der Waals surface area (Å²) in [6, 6.07) is 5.71. The zero-order chi connectivity index (χ0) is 12.3. The molecule has 0 fully saturated rings. The first-order valence-electron chi connectivity index (χ1n) is 4.63. The second kappa shape index (κ2) is 4.61. The summed E-state index contributed by atoms with van der Waals surface area (Å²) in [6.45, 7) is 0. The van der Waals surface area contributed by atoms with Crippen LogP contribution in [0.25, 0.3) is 0 Å². The third-order valence-electron chi connectivity index (χ3n) is 2.10. The van der Waals surface area contributed by atoms with Crippen molar-refractivity contribution in [1.82, 2.24) is 4.90 Å². The van der Waals surface area contributed by atoms with E-state index in [0.717, 1.165) is 0 Å². The van der Waals surface area contributed by atoms with Crippen LogP contribution < -0.4 is 4.90 Å². The van der Waals surface area contributed by atoms with Crippen LogP contribution in [0.5, 0.6) is 0 Å². The molecule has 1 aromatic rings. The maximum absolute atomic E-state index is 11.6. The van der Waals surface area contributed by atoms with E-state index in [1.54, 1.807) is 33.3 Å². The van der Waals surface area contributed by atoms with Gasteiger partial charge < -0.3 is 4.90 Å². The Bertz CT molecular complexity index is 418. The van der Waals surface area contributed by atoms with E-state index in [1.807, 2.05) is 0 Å². The van der Waals surface area contributed by atoms with E-state index in [0.29, 0.717) is 5.69 Å². The van der Waals surface area contributed by atoms with E-state index in [9.17, 15) is 14.9 Å². The molecule has 6 heteroatoms. The van der Waals surface area contributed by atoms with Crippen LogP contribution in [0.3, 0.4) is 0 Å². The van der Waals surface area contributed by atoms with E-state index in [1.165, 1.54) is 21.9 Å². The maximum Gasteiger partial charge on any atom is 0.323 e. The average molecular weight is 223 g/mol. The van der Waals surface area contributed by atoms with Gasteiger partial charge in [0.2, 0.25) is 0 Å². The number of rotatable bonds is 2. The van der Waals surface area contributed by atoms with Gasteiger partial charge in [0.05, 0.1) is 10.6 Å². The quantitative estimate of drug-likeness (QED) is 0.566. The number of benzene rings is 1. The van der Waals surface area contributed by atoms with Crippen molar-refractivity contribution in [2.24, 2.45) is 0 Å². The van der Waals surface area contributed by atoms with E-state index in [4.69, 9.17) is 0 Å². The van der Waals surface area contributed by atoms with Gasteiger partial charge in [-0.2, -0.15) is 0 Å². The summed E-state index contributed by atoms with van der Waals surface area (Å²) in [4.78, 5) is 24.4. The molecule has 0 N–H and O–H groups in total. The molecule has 16 heavy (non-hydrogen) atoms. The number of non-ortho nitro benzene ring substituents is 1. The van der Waals surface area contributed by atoms with E-state index < -0.39 is 4.92 Å². The standard InChI is InChI=1S/C10H13N3O3/c1-11(2)10(14)12(3)8-5-4-6-9(7-8)13(15)16/h4-7H,1-3H3. The number of anilines is 1. The van der Waals surface area contributed by atoms with Crippen LogP contribution >= 0.6 is 0 Å². The fraction of sp³-hybridized carbons (Fsp3) is 0.300. The number of carbonyl (C=O) groups excluding carboxylic acids is 1. The summed E-state index contributed by atoms with van der Waals surface area (Å²) >= 11 is 0. The molecule has 0 aliphatic heterocycles. The van der Waals surface area contributed by atoms with Crippen molar-refractivity contribution >= 4 is 17.4 Å². The lowest BCUT2D eigenvalue weighted by Crippen LogP contribution is -2.36. The molecule has 0 spiro atoms. The van der Waals surface area contributed by atoms with E-state index in [-0.39, 0.29) is 11.7 Å². The monoisotopic (exact) mass is 223 g/mol. The van der Waals surface area contributed by atoms with Gasteiger partial charge in [-0.25, -0.2) is 4.79 Å². The van der Waals surface area contributed by atoms with Gasteiger partial charge in [0.15, 0.2) is 0 Å². The Morgan fingerprint density at radius 2 is 1.94 bits per heavy atom. The highest BCUT2D eigenvalue weighted by Gasteiger charge is 2.15. The molecule has 0 unspecified atom stereocenters. The first-order valence-corrected chi connectivity index (χ1v) is 4.63. The minimum absolute atomic E-state index is 0.0316. The van der Waals surface area contributed by atoms with Gasteiger partial charge in [0.1, 0.15) is 0 Å². The molecule has 0 saturated heterocycles. The van der Waals surface area contributed by atoms with Crippen LogP contribution in [0.15, 0.2) is 24.3 Å². The van der Waals surface area contributed by atoms with Crippen LogP contribution in [-0.4, -0.2) is 37.0 Å². The van der Waals surface area contributed by atoms with Crippen LogP contribution in [0.1, 0.15) is 0 Å². The highest BCUT2D eigenvalue weighted by molar-refractivity contribution is 5.91. The summed E-state index contributed by atoms with van der Waals surface area (Å²) in [5.74, 6) is 0. The molecule has 0 aliphatic carbocycles. The van der Waals surface area contributed by atoms with Gasteiger partial charge in [-0.15, -0.1) is 0 Å². The number of nitro benzene ring substituents is 1. The van der Waals surface area contributed by atoms with Crippen molar-refractivity contribution in [2.75, 3.05) is 26.0 Å². The zero-order valence-corrected chi connectivity index (χ0v) is 9.38. The van der Waals surface area contributed by atoms with E-state index >= 15 is 0 Å². The molecular weight excluding hydrogens is 210 g/mol. The summed E-state index contributed by atoms with van der Waals surface area (Å²) in [5.41, 5.74) is 0.462. The van der Waals surface area contributed by atoms with Gasteiger partial charge >= 0.3 is 6.03 Å². The molecule has 86 valence electrons. The SMILES string of the molecule is CN(C)C(=O)N(C)c1cccc([N+](=O)[O-])c1. The lowest BCUT2D eigenvalue weighted by molar-refractivity contribution is -0.384. The summed E-state index contributed by atoms with van der Waals surface area (Å²) in [6.07, 6.45) is 0. The predicted molar refractivity (Wildman–Crippen MR) is 60.6 cm³/mol. The molecule has 6 nitrogen and oxygen atoms in total. The minimum atomic E-state index is -0.489. The van der Waals surface area contributed by atoms with Crippen molar-refractivity contribution in [1.29, 1.82) is 0 Å². The van der Waals surface area contributed by atoms with Gasteiger partial charge in [-0.3, -0.25) is 15.0 Å². The van der Waals surface area contributed by atoms with Crippen molar-refractivity contribution in [3.8, 4) is 0 Å². The van der Waals surface area contributed by atoms with Crippen LogP contribution in [0.4, 0.5) is 16.2 Å². The largest absolute Gasteiger partial charge is 0.330 e. The number of nitrogens with zero attached hydrogens (tertiary/aromatic N) is 3. The van der Waals surface area contributed by atoms with Crippen LogP contribution in [-0.2, 0) is 0 Å². The molecule has 0 heterocycles. The highest BCUT2D eigenvalue weighted by Crippen LogP contribution is 2.20. The number of hydrogen-bond acceptors (Lipinski definition) is 3. The second-order valence-corrected chi connectivity index (χ2v) is 3.51. The normalized spacial score (nSPS) is 9.69. The maximum atomic E-state index is 11.6. The Morgan fingerprint density at radius 3 is 2.44 bits per heavy atom. The molecule has 0 aliphatic rings. The number of nitro groups is 1. The molecule has 0 bridgehead atoms. The Hall–Kier alpha value is -2.11. The Morgan fingerprint density at radius 1 is 1.31 bits per heavy atom. The molecular formula is C10H13N3O3. The molecule has 0 saturated carbocycles. The summed E-state index contributed by atoms with van der Waals surface area (Å²) < 4.78 is 0. The highest BCUT2D eigenvalue weighted by atomic mass is 16.6. The van der Waals surface area contributed by atoms with Crippen molar-refractivity contribution in [3.05, 3.63) is 34.4 Å². The molecule has 1 rings (SSSR count). The number of hydrogen-bond donors (Lipinski definition) is 0. The summed E-state index contributed by atoms with van der Waals surface area (Å²) in [5, 5.41) is 10.6. The lowest BCUT2D eigenvalue weighted by atomic mass is 10.2. The predicted octanol–water partition coefficient (Wildman–Crippen LogP) is 1.71. The van der Waals surface area contributed by atoms with Crippen molar-refractivity contribution in [2.45, 2.75) is 0 Å². The second-order valence-electron chi connectivity index (χ2n) is 3.51. The topological polar surface area (TPSA) is 66.7 Å². The fourth-order valence-corrected chi connectivity index (χ4v) is 1.23. The molecule has 2 amide bonds. The Kier molecular flexibility index (Phi) is 3.44. The zero-order valence-electron chi connectivity index (χ0n) is 9.38. The third kappa shape index (κ3) is 2.47. The number of urea groups is 1. The van der Waals surface area contributed by atoms with Gasteiger partial charge in [0, 0.05) is 33.3 Å².